The molecule has 3 N–H and O–H groups in total. The number of nitrogens with zero attached hydrogens (tertiary/aromatic N) is 1. The van der Waals surface area contributed by atoms with Gasteiger partial charge < -0.3 is 11.1 Å². The van der Waals surface area contributed by atoms with Crippen molar-refractivity contribution in [1.29, 1.82) is 0 Å². The topological polar surface area (TPSA) is 50.9 Å². The van der Waals surface area contributed by atoms with Crippen LogP contribution in [0.3, 0.4) is 0 Å². The van der Waals surface area contributed by atoms with Crippen molar-refractivity contribution in [3.05, 3.63) is 45.8 Å². The van der Waals surface area contributed by atoms with Crippen LogP contribution in [0.2, 0.25) is 0 Å². The Hall–Kier alpha value is -1.39. The Bertz CT molecular complexity index is 488. The summed E-state index contributed by atoms with van der Waals surface area (Å²) in [5.41, 5.74) is 8.42. The van der Waals surface area contributed by atoms with E-state index in [1.807, 2.05) is 6.07 Å². The van der Waals surface area contributed by atoms with E-state index < -0.39 is 0 Å². The first-order valence-corrected chi connectivity index (χ1v) is 7.57. The highest BCUT2D eigenvalue weighted by Gasteiger charge is 2.17. The maximum absolute atomic E-state index is 6.08. The van der Waals surface area contributed by atoms with Gasteiger partial charge in [0.2, 0.25) is 0 Å². The molecule has 1 unspecified atom stereocenters. The molecule has 19 heavy (non-hydrogen) atoms. The first kappa shape index (κ1) is 14.0. The highest BCUT2D eigenvalue weighted by molar-refractivity contribution is 7.09. The third-order valence-electron chi connectivity index (χ3n) is 3.21. The van der Waals surface area contributed by atoms with Gasteiger partial charge in [-0.05, 0) is 43.0 Å². The molecule has 2 aromatic rings. The summed E-state index contributed by atoms with van der Waals surface area (Å²) >= 11 is 1.79. The molecule has 0 aliphatic heterocycles. The molecule has 0 spiro atoms. The number of aromatic nitrogens is 1. The summed E-state index contributed by atoms with van der Waals surface area (Å²) < 4.78 is 0. The van der Waals surface area contributed by atoms with Crippen LogP contribution in [-0.4, -0.2) is 11.5 Å². The molecule has 1 atom stereocenters. The lowest BCUT2D eigenvalue weighted by Gasteiger charge is -2.21. The lowest BCUT2D eigenvalue weighted by Crippen LogP contribution is -2.25. The average Bonchev–Trinajstić information content (AvgIpc) is 2.88. The third-order valence-corrected chi connectivity index (χ3v) is 4.11. The molecule has 0 saturated heterocycles. The van der Waals surface area contributed by atoms with Gasteiger partial charge in [0.05, 0.1) is 0 Å². The van der Waals surface area contributed by atoms with Crippen molar-refractivity contribution >= 4 is 17.2 Å². The molecule has 0 bridgehead atoms. The van der Waals surface area contributed by atoms with Gasteiger partial charge in [-0.1, -0.05) is 13.0 Å². The summed E-state index contributed by atoms with van der Waals surface area (Å²) in [6.07, 6.45) is 3.85. The molecule has 0 fully saturated rings. The quantitative estimate of drug-likeness (QED) is 0.850. The molecule has 3 nitrogen and oxygen atoms in total. The minimum Gasteiger partial charge on any atom is -0.383 e. The van der Waals surface area contributed by atoms with E-state index in [4.69, 9.17) is 5.73 Å². The molecule has 0 aliphatic carbocycles. The number of aryl methyl sites for hydroxylation is 1. The SMILES string of the molecule is CCCNC(Cc1cccs1)c1c(C)ccnc1N. The van der Waals surface area contributed by atoms with Crippen LogP contribution in [0.1, 0.15) is 35.4 Å². The number of pyridine rings is 1. The van der Waals surface area contributed by atoms with E-state index in [0.29, 0.717) is 5.82 Å². The lowest BCUT2D eigenvalue weighted by atomic mass is 9.99. The predicted molar refractivity (Wildman–Crippen MR) is 82.4 cm³/mol. The van der Waals surface area contributed by atoms with Gasteiger partial charge in [-0.2, -0.15) is 0 Å². The zero-order chi connectivity index (χ0) is 13.7. The molecule has 0 radical (unpaired) electrons. The summed E-state index contributed by atoms with van der Waals surface area (Å²) in [6.45, 7) is 5.26. The van der Waals surface area contributed by atoms with Gasteiger partial charge >= 0.3 is 0 Å². The standard InChI is InChI=1S/C15H21N3S/c1-3-7-17-13(10-12-5-4-9-19-12)14-11(2)6-8-18-15(14)16/h4-6,8-9,13,17H,3,7,10H2,1-2H3,(H2,16,18). The molecule has 0 aromatic carbocycles. The number of rotatable bonds is 6. The van der Waals surface area contributed by atoms with E-state index in [-0.39, 0.29) is 6.04 Å². The van der Waals surface area contributed by atoms with Gasteiger partial charge in [0.25, 0.3) is 0 Å². The zero-order valence-corrected chi connectivity index (χ0v) is 12.3. The number of hydrogen-bond donors (Lipinski definition) is 2. The van der Waals surface area contributed by atoms with Crippen LogP contribution >= 0.6 is 11.3 Å². The average molecular weight is 275 g/mol. The fourth-order valence-electron chi connectivity index (χ4n) is 2.27. The van der Waals surface area contributed by atoms with Crippen LogP contribution in [0, 0.1) is 6.92 Å². The van der Waals surface area contributed by atoms with E-state index in [0.717, 1.165) is 24.9 Å². The summed E-state index contributed by atoms with van der Waals surface area (Å²) in [5, 5.41) is 5.71. The summed E-state index contributed by atoms with van der Waals surface area (Å²) in [6, 6.07) is 6.54. The maximum Gasteiger partial charge on any atom is 0.128 e. The van der Waals surface area contributed by atoms with Crippen LogP contribution in [0.4, 0.5) is 5.82 Å². The number of anilines is 1. The second-order valence-electron chi connectivity index (χ2n) is 4.72. The molecule has 4 heteroatoms. The zero-order valence-electron chi connectivity index (χ0n) is 11.5. The second kappa shape index (κ2) is 6.68. The summed E-state index contributed by atoms with van der Waals surface area (Å²) in [5.74, 6) is 0.644. The Kier molecular flexibility index (Phi) is 4.93. The van der Waals surface area contributed by atoms with E-state index in [1.54, 1.807) is 17.5 Å². The van der Waals surface area contributed by atoms with Gasteiger partial charge in [-0.3, -0.25) is 0 Å². The van der Waals surface area contributed by atoms with Crippen LogP contribution in [0.25, 0.3) is 0 Å². The number of nitrogen functional groups attached to an aromatic ring is 1. The Balaban J connectivity index is 2.26. The van der Waals surface area contributed by atoms with Gasteiger partial charge in [-0.15, -0.1) is 11.3 Å². The Morgan fingerprint density at radius 2 is 2.26 bits per heavy atom. The van der Waals surface area contributed by atoms with Crippen molar-refractivity contribution in [1.82, 2.24) is 10.3 Å². The van der Waals surface area contributed by atoms with Crippen LogP contribution in [0.5, 0.6) is 0 Å². The van der Waals surface area contributed by atoms with Gasteiger partial charge in [-0.25, -0.2) is 4.98 Å². The minimum atomic E-state index is 0.243. The third kappa shape index (κ3) is 3.55. The molecular weight excluding hydrogens is 254 g/mol. The van der Waals surface area contributed by atoms with Crippen molar-refractivity contribution in [3.8, 4) is 0 Å². The molecule has 0 amide bonds. The molecule has 2 rings (SSSR count). The van der Waals surface area contributed by atoms with E-state index >= 15 is 0 Å². The summed E-state index contributed by atoms with van der Waals surface area (Å²) in [7, 11) is 0. The molecule has 2 aromatic heterocycles. The molecule has 0 saturated carbocycles. The molecule has 102 valence electrons. The molecular formula is C15H21N3S. The smallest absolute Gasteiger partial charge is 0.128 e. The van der Waals surface area contributed by atoms with Crippen molar-refractivity contribution in [3.63, 3.8) is 0 Å². The highest BCUT2D eigenvalue weighted by atomic mass is 32.1. The first-order valence-electron chi connectivity index (χ1n) is 6.69. The number of nitrogens with one attached hydrogen (secondary N) is 1. The van der Waals surface area contributed by atoms with E-state index in [1.165, 1.54) is 10.4 Å². The summed E-state index contributed by atoms with van der Waals surface area (Å²) in [4.78, 5) is 5.61. The van der Waals surface area contributed by atoms with Crippen LogP contribution in [0.15, 0.2) is 29.8 Å². The van der Waals surface area contributed by atoms with Gasteiger partial charge in [0, 0.05) is 29.1 Å². The van der Waals surface area contributed by atoms with Crippen LogP contribution in [-0.2, 0) is 6.42 Å². The number of nitrogens with two attached hydrogens (primary N) is 1. The normalized spacial score (nSPS) is 12.5. The molecule has 0 aliphatic rings. The Morgan fingerprint density at radius 3 is 2.89 bits per heavy atom. The fraction of sp³-hybridized carbons (Fsp3) is 0.400. The number of hydrogen-bond acceptors (Lipinski definition) is 4. The lowest BCUT2D eigenvalue weighted by molar-refractivity contribution is 0.530. The second-order valence-corrected chi connectivity index (χ2v) is 5.75. The van der Waals surface area contributed by atoms with Crippen molar-refractivity contribution in [2.75, 3.05) is 12.3 Å². The van der Waals surface area contributed by atoms with E-state index in [2.05, 4.69) is 41.7 Å². The highest BCUT2D eigenvalue weighted by Crippen LogP contribution is 2.27. The largest absolute Gasteiger partial charge is 0.383 e. The Labute approximate surface area is 118 Å². The number of thiophene rings is 1. The van der Waals surface area contributed by atoms with Crippen molar-refractivity contribution < 1.29 is 0 Å². The monoisotopic (exact) mass is 275 g/mol. The molecule has 2 heterocycles. The van der Waals surface area contributed by atoms with E-state index in [9.17, 15) is 0 Å². The van der Waals surface area contributed by atoms with Crippen molar-refractivity contribution in [2.45, 2.75) is 32.7 Å². The van der Waals surface area contributed by atoms with Gasteiger partial charge in [0.1, 0.15) is 5.82 Å². The van der Waals surface area contributed by atoms with Crippen LogP contribution < -0.4 is 11.1 Å². The fourth-order valence-corrected chi connectivity index (χ4v) is 3.02. The first-order chi connectivity index (χ1) is 9.22. The maximum atomic E-state index is 6.08. The van der Waals surface area contributed by atoms with Crippen molar-refractivity contribution in [2.24, 2.45) is 0 Å². The van der Waals surface area contributed by atoms with Gasteiger partial charge in [0.15, 0.2) is 0 Å². The Morgan fingerprint density at radius 1 is 1.42 bits per heavy atom. The minimum absolute atomic E-state index is 0.243. The predicted octanol–water partition coefficient (Wildman–Crippen LogP) is 3.32.